The lowest BCUT2D eigenvalue weighted by Gasteiger charge is -2.29. The first-order valence-corrected chi connectivity index (χ1v) is 12.2. The molecule has 0 amide bonds. The Morgan fingerprint density at radius 1 is 0.818 bits per heavy atom. The summed E-state index contributed by atoms with van der Waals surface area (Å²) in [5, 5.41) is 5.21. The van der Waals surface area contributed by atoms with Crippen LogP contribution in [0.5, 0.6) is 0 Å². The first-order chi connectivity index (χ1) is 15.3. The summed E-state index contributed by atoms with van der Waals surface area (Å²) >= 11 is 0. The Balaban J connectivity index is 0.00000153. The van der Waals surface area contributed by atoms with Gasteiger partial charge in [0, 0.05) is 30.2 Å². The van der Waals surface area contributed by atoms with Gasteiger partial charge in [-0.2, -0.15) is 0 Å². The second-order valence-corrected chi connectivity index (χ2v) is 10.1. The average Bonchev–Trinajstić information content (AvgIpc) is 2.98. The van der Waals surface area contributed by atoms with Crippen molar-refractivity contribution in [2.45, 2.75) is 17.7 Å². The van der Waals surface area contributed by atoms with E-state index >= 15 is 0 Å². The fourth-order valence-electron chi connectivity index (χ4n) is 4.30. The van der Waals surface area contributed by atoms with Crippen LogP contribution >= 0.6 is 35.3 Å². The van der Waals surface area contributed by atoms with Crippen LogP contribution in [0, 0.1) is 0 Å². The van der Waals surface area contributed by atoms with Gasteiger partial charge in [-0.05, 0) is 69.0 Å². The Morgan fingerprint density at radius 3 is 2.24 bits per heavy atom. The van der Waals surface area contributed by atoms with Crippen molar-refractivity contribution in [3.05, 3.63) is 100 Å². The third kappa shape index (κ3) is 5.99. The zero-order valence-corrected chi connectivity index (χ0v) is 21.0. The zero-order chi connectivity index (χ0) is 21.0. The quantitative estimate of drug-likeness (QED) is 0.393. The van der Waals surface area contributed by atoms with Gasteiger partial charge in [0.25, 0.3) is 0 Å². The SMILES string of the molecule is Cl.Cl.Nc1ccc(C=CCN2CCC(=S3C=c4ccccc4=Cc4ccccc43)CC2)cc1. The van der Waals surface area contributed by atoms with Gasteiger partial charge in [-0.1, -0.05) is 66.7 Å². The molecule has 0 spiro atoms. The fraction of sp³-hybridized carbons (Fsp3) is 0.179. The number of anilines is 1. The molecule has 1 unspecified atom stereocenters. The van der Waals surface area contributed by atoms with E-state index in [9.17, 15) is 0 Å². The molecule has 1 fully saturated rings. The fourth-order valence-corrected chi connectivity index (χ4v) is 6.60. The predicted octanol–water partition coefficient (Wildman–Crippen LogP) is 5.30. The maximum atomic E-state index is 5.77. The van der Waals surface area contributed by atoms with Gasteiger partial charge in [0.2, 0.25) is 0 Å². The highest BCUT2D eigenvalue weighted by atomic mass is 35.5. The Morgan fingerprint density at radius 2 is 1.48 bits per heavy atom. The molecule has 5 heteroatoms. The number of likely N-dealkylation sites (tertiary alicyclic amines) is 1. The summed E-state index contributed by atoms with van der Waals surface area (Å²) in [5.74, 6) is 0. The first kappa shape index (κ1) is 25.3. The number of halogens is 2. The molecule has 0 aromatic heterocycles. The Labute approximate surface area is 211 Å². The molecular weight excluding hydrogens is 467 g/mol. The number of rotatable bonds is 3. The van der Waals surface area contributed by atoms with E-state index in [0.717, 1.165) is 25.3 Å². The molecule has 2 aliphatic rings. The summed E-state index contributed by atoms with van der Waals surface area (Å²) in [4.78, 5) is 5.73. The van der Waals surface area contributed by atoms with Crippen molar-refractivity contribution in [3.63, 3.8) is 0 Å². The van der Waals surface area contributed by atoms with Gasteiger partial charge in [0.05, 0.1) is 0 Å². The van der Waals surface area contributed by atoms with E-state index in [2.05, 4.69) is 89.2 Å². The van der Waals surface area contributed by atoms with Crippen molar-refractivity contribution in [2.24, 2.45) is 0 Å². The summed E-state index contributed by atoms with van der Waals surface area (Å²) in [6.45, 7) is 3.26. The molecule has 2 nitrogen and oxygen atoms in total. The number of hydrogen-bond acceptors (Lipinski definition) is 2. The van der Waals surface area contributed by atoms with Crippen LogP contribution in [0.2, 0.25) is 0 Å². The molecule has 0 aliphatic carbocycles. The van der Waals surface area contributed by atoms with Crippen LogP contribution in [-0.4, -0.2) is 29.4 Å². The molecule has 1 saturated heterocycles. The molecule has 3 aromatic carbocycles. The smallest absolute Gasteiger partial charge is 0.0314 e. The van der Waals surface area contributed by atoms with Gasteiger partial charge >= 0.3 is 0 Å². The minimum absolute atomic E-state index is 0. The van der Waals surface area contributed by atoms with Crippen LogP contribution in [-0.2, 0) is 0 Å². The van der Waals surface area contributed by atoms with Gasteiger partial charge in [-0.25, -0.2) is 0 Å². The summed E-state index contributed by atoms with van der Waals surface area (Å²) in [7, 11) is 0.0665. The summed E-state index contributed by atoms with van der Waals surface area (Å²) < 4.78 is 0. The molecule has 0 radical (unpaired) electrons. The molecule has 0 saturated carbocycles. The third-order valence-corrected chi connectivity index (χ3v) is 8.41. The number of nitrogens with zero attached hydrogens (tertiary/aromatic N) is 1. The van der Waals surface area contributed by atoms with E-state index in [1.54, 1.807) is 4.86 Å². The third-order valence-electron chi connectivity index (χ3n) is 6.04. The van der Waals surface area contributed by atoms with E-state index in [4.69, 9.17) is 5.73 Å². The monoisotopic (exact) mass is 496 g/mol. The van der Waals surface area contributed by atoms with Crippen LogP contribution < -0.4 is 16.2 Å². The summed E-state index contributed by atoms with van der Waals surface area (Å²) in [5.41, 5.74) is 9.17. The Hall–Kier alpha value is -2.30. The number of hydrogen-bond donors (Lipinski definition) is 1. The number of fused-ring (bicyclic) bond motifs is 2. The topological polar surface area (TPSA) is 29.3 Å². The van der Waals surface area contributed by atoms with Crippen LogP contribution in [0.4, 0.5) is 5.69 Å². The highest BCUT2D eigenvalue weighted by molar-refractivity contribution is 8.22. The Kier molecular flexibility index (Phi) is 8.99. The van der Waals surface area contributed by atoms with E-state index in [1.807, 2.05) is 12.1 Å². The van der Waals surface area contributed by atoms with Crippen molar-refractivity contribution in [1.29, 1.82) is 0 Å². The van der Waals surface area contributed by atoms with Gasteiger partial charge in [0.15, 0.2) is 0 Å². The molecule has 2 aliphatic heterocycles. The lowest BCUT2D eigenvalue weighted by Crippen LogP contribution is -2.34. The second-order valence-electron chi connectivity index (χ2n) is 8.18. The summed E-state index contributed by atoms with van der Waals surface area (Å²) in [6, 6.07) is 25.8. The number of nitrogens with two attached hydrogens (primary N) is 1. The second kappa shape index (κ2) is 11.7. The van der Waals surface area contributed by atoms with Gasteiger partial charge in [0.1, 0.15) is 0 Å². The highest BCUT2D eigenvalue weighted by Gasteiger charge is 2.17. The van der Waals surface area contributed by atoms with Crippen LogP contribution in [0.1, 0.15) is 24.0 Å². The van der Waals surface area contributed by atoms with E-state index in [-0.39, 0.29) is 35.3 Å². The standard InChI is InChI=1S/C28H28N2S.2ClH/c29-26-13-11-22(12-14-26)6-5-17-30-18-15-27(16-19-30)31-21-25-9-2-1-7-23(25)20-24-8-3-4-10-28(24)31;;/h1-14,20-21H,15-19,29H2;2*1H. The van der Waals surface area contributed by atoms with Crippen molar-refractivity contribution in [3.8, 4) is 0 Å². The molecular formula is C28H30Cl2N2S. The summed E-state index contributed by atoms with van der Waals surface area (Å²) in [6.07, 6.45) is 9.17. The van der Waals surface area contributed by atoms with Crippen LogP contribution in [0.25, 0.3) is 17.6 Å². The molecule has 0 bridgehead atoms. The van der Waals surface area contributed by atoms with Crippen LogP contribution in [0.15, 0.2) is 83.8 Å². The normalized spacial score (nSPS) is 17.5. The minimum atomic E-state index is 0. The molecule has 172 valence electrons. The average molecular weight is 498 g/mol. The molecule has 5 rings (SSSR count). The number of nitrogen functional groups attached to an aromatic ring is 1. The van der Waals surface area contributed by atoms with E-state index in [1.165, 1.54) is 39.3 Å². The minimum Gasteiger partial charge on any atom is -0.399 e. The first-order valence-electron chi connectivity index (χ1n) is 11.0. The highest BCUT2D eigenvalue weighted by Crippen LogP contribution is 2.36. The maximum Gasteiger partial charge on any atom is 0.0314 e. The molecule has 1 atom stereocenters. The largest absolute Gasteiger partial charge is 0.399 e. The molecule has 3 aromatic rings. The number of benzene rings is 3. The number of piperidine rings is 1. The van der Waals surface area contributed by atoms with Gasteiger partial charge in [-0.15, -0.1) is 35.3 Å². The lowest BCUT2D eigenvalue weighted by molar-refractivity contribution is 0.306. The Bertz CT molecular complexity index is 1270. The van der Waals surface area contributed by atoms with Crippen molar-refractivity contribution >= 4 is 63.4 Å². The lowest BCUT2D eigenvalue weighted by atomic mass is 10.1. The maximum absolute atomic E-state index is 5.77. The predicted molar refractivity (Wildman–Crippen MR) is 151 cm³/mol. The molecule has 2 heterocycles. The van der Waals surface area contributed by atoms with Gasteiger partial charge in [-0.3, -0.25) is 4.90 Å². The molecule has 2 N–H and O–H groups in total. The van der Waals surface area contributed by atoms with E-state index in [0.29, 0.717) is 0 Å². The van der Waals surface area contributed by atoms with Crippen LogP contribution in [0.3, 0.4) is 0 Å². The van der Waals surface area contributed by atoms with Crippen molar-refractivity contribution in [2.75, 3.05) is 25.4 Å². The van der Waals surface area contributed by atoms with Gasteiger partial charge < -0.3 is 5.73 Å². The molecule has 33 heavy (non-hydrogen) atoms. The van der Waals surface area contributed by atoms with Crippen molar-refractivity contribution in [1.82, 2.24) is 4.90 Å². The zero-order valence-electron chi connectivity index (χ0n) is 18.5. The van der Waals surface area contributed by atoms with E-state index < -0.39 is 0 Å². The van der Waals surface area contributed by atoms with Crippen molar-refractivity contribution < 1.29 is 0 Å².